The minimum atomic E-state index is 0.966. The first-order valence-corrected chi connectivity index (χ1v) is 16.8. The van der Waals surface area contributed by atoms with Gasteiger partial charge in [-0.1, -0.05) is 84.9 Å². The Balaban J connectivity index is 1.31. The lowest BCUT2D eigenvalue weighted by Crippen LogP contribution is -1.96. The van der Waals surface area contributed by atoms with Crippen molar-refractivity contribution >= 4 is 92.6 Å². The molecule has 49 heavy (non-hydrogen) atoms. The van der Waals surface area contributed by atoms with E-state index < -0.39 is 0 Å². The fourth-order valence-corrected chi connectivity index (χ4v) is 8.85. The topological polar surface area (TPSA) is 27.2 Å². The Bertz CT molecular complexity index is 3320. The normalized spacial score (nSPS) is 12.5. The zero-order valence-corrected chi connectivity index (χ0v) is 26.3. The highest BCUT2D eigenvalue weighted by molar-refractivity contribution is 6.37. The molecule has 0 saturated heterocycles. The molecule has 0 atom stereocenters. The molecule has 0 fully saturated rings. The van der Waals surface area contributed by atoms with Gasteiger partial charge in [0.15, 0.2) is 0 Å². The van der Waals surface area contributed by atoms with Gasteiger partial charge in [-0.2, -0.15) is 0 Å². The summed E-state index contributed by atoms with van der Waals surface area (Å²) in [5.41, 5.74) is 10.6. The van der Waals surface area contributed by atoms with Crippen LogP contribution in [0.5, 0.6) is 0 Å². The molecule has 5 heterocycles. The highest BCUT2D eigenvalue weighted by atomic mass is 15.1. The van der Waals surface area contributed by atoms with Crippen LogP contribution in [0.4, 0.5) is 0 Å². The Hall–Kier alpha value is -6.65. The van der Waals surface area contributed by atoms with Gasteiger partial charge in [0.25, 0.3) is 0 Å². The fourth-order valence-electron chi connectivity index (χ4n) is 8.85. The molecule has 0 radical (unpaired) electrons. The zero-order chi connectivity index (χ0) is 31.8. The van der Waals surface area contributed by atoms with Crippen molar-refractivity contribution in [1.82, 2.24) is 18.5 Å². The Morgan fingerprint density at radius 2 is 1.04 bits per heavy atom. The molecule has 12 rings (SSSR count). The summed E-state index contributed by atoms with van der Waals surface area (Å²) < 4.78 is 7.30. The average Bonchev–Trinajstić information content (AvgIpc) is 3.89. The molecule has 0 amide bonds. The second-order valence-corrected chi connectivity index (χ2v) is 13.2. The number of nitrogens with zero attached hydrogens (tertiary/aromatic N) is 4. The lowest BCUT2D eigenvalue weighted by molar-refractivity contribution is 1.13. The highest BCUT2D eigenvalue weighted by Crippen LogP contribution is 2.48. The standard InChI is InChI=1S/C45H26N4/c1-2-12-28(13-3-1)48-39-23-21-29(25-34(39)33-17-10-24-46-45(33)48)47-37-18-8-6-15-31(37)35-26-36-32-16-7-9-19-38(32)49-40-22-20-27-11-4-5-14-30(27)41(40)42(43(35)47)44(36)49/h1-26H. The average molecular weight is 623 g/mol. The van der Waals surface area contributed by atoms with Gasteiger partial charge in [-0.3, -0.25) is 4.57 Å². The first-order valence-electron chi connectivity index (χ1n) is 16.8. The minimum absolute atomic E-state index is 0.966. The molecular weight excluding hydrogens is 597 g/mol. The van der Waals surface area contributed by atoms with Crippen molar-refractivity contribution in [3.8, 4) is 11.4 Å². The molecule has 5 aromatic heterocycles. The number of aromatic nitrogens is 4. The van der Waals surface area contributed by atoms with Crippen molar-refractivity contribution in [1.29, 1.82) is 0 Å². The number of hydrogen-bond acceptors (Lipinski definition) is 1. The summed E-state index contributed by atoms with van der Waals surface area (Å²) in [6, 6.07) is 55.4. The predicted molar refractivity (Wildman–Crippen MR) is 205 cm³/mol. The van der Waals surface area contributed by atoms with Crippen LogP contribution in [0.3, 0.4) is 0 Å². The number of fused-ring (bicyclic) bond motifs is 15. The summed E-state index contributed by atoms with van der Waals surface area (Å²) in [7, 11) is 0. The molecule has 0 unspecified atom stereocenters. The van der Waals surface area contributed by atoms with Gasteiger partial charge < -0.3 is 8.97 Å². The lowest BCUT2D eigenvalue weighted by Gasteiger charge is -2.11. The van der Waals surface area contributed by atoms with E-state index in [1.54, 1.807) is 0 Å². The van der Waals surface area contributed by atoms with Gasteiger partial charge >= 0.3 is 0 Å². The second-order valence-electron chi connectivity index (χ2n) is 13.2. The molecule has 226 valence electrons. The molecule has 7 aromatic carbocycles. The maximum atomic E-state index is 4.88. The molecule has 0 saturated carbocycles. The van der Waals surface area contributed by atoms with E-state index in [0.717, 1.165) is 27.9 Å². The van der Waals surface area contributed by atoms with Crippen molar-refractivity contribution in [3.05, 3.63) is 158 Å². The molecule has 0 aliphatic heterocycles. The first kappa shape index (κ1) is 25.4. The number of pyridine rings is 1. The van der Waals surface area contributed by atoms with Gasteiger partial charge in [0.05, 0.1) is 33.1 Å². The Morgan fingerprint density at radius 3 is 1.92 bits per heavy atom. The fraction of sp³-hybridized carbons (Fsp3) is 0. The zero-order valence-electron chi connectivity index (χ0n) is 26.3. The third-order valence-corrected chi connectivity index (χ3v) is 10.8. The summed E-state index contributed by atoms with van der Waals surface area (Å²) in [4.78, 5) is 4.88. The Morgan fingerprint density at radius 1 is 0.367 bits per heavy atom. The molecule has 0 N–H and O–H groups in total. The second kappa shape index (κ2) is 9.03. The molecule has 0 bridgehead atoms. The number of hydrogen-bond donors (Lipinski definition) is 0. The van der Waals surface area contributed by atoms with Crippen molar-refractivity contribution in [2.24, 2.45) is 0 Å². The maximum Gasteiger partial charge on any atom is 0.145 e. The maximum absolute atomic E-state index is 4.88. The Kier molecular flexibility index (Phi) is 4.69. The molecule has 0 aliphatic rings. The van der Waals surface area contributed by atoms with Crippen LogP contribution >= 0.6 is 0 Å². The molecule has 12 aromatic rings. The molecule has 0 spiro atoms. The quantitative estimate of drug-likeness (QED) is 0.188. The lowest BCUT2D eigenvalue weighted by atomic mass is 9.99. The summed E-state index contributed by atoms with van der Waals surface area (Å²) >= 11 is 0. The smallest absolute Gasteiger partial charge is 0.145 e. The van der Waals surface area contributed by atoms with Gasteiger partial charge in [-0.05, 0) is 77.5 Å². The Labute approximate surface area is 279 Å². The van der Waals surface area contributed by atoms with Crippen LogP contribution in [0.1, 0.15) is 0 Å². The van der Waals surface area contributed by atoms with Gasteiger partial charge in [0, 0.05) is 60.7 Å². The van der Waals surface area contributed by atoms with Gasteiger partial charge in [0.1, 0.15) is 5.65 Å². The summed E-state index contributed by atoms with van der Waals surface area (Å²) in [5.74, 6) is 0. The number of rotatable bonds is 2. The van der Waals surface area contributed by atoms with Gasteiger partial charge in [-0.25, -0.2) is 4.98 Å². The van der Waals surface area contributed by atoms with Crippen LogP contribution in [0.2, 0.25) is 0 Å². The highest BCUT2D eigenvalue weighted by Gasteiger charge is 2.25. The number of benzene rings is 7. The van der Waals surface area contributed by atoms with E-state index in [9.17, 15) is 0 Å². The third kappa shape index (κ3) is 3.12. The van der Waals surface area contributed by atoms with E-state index in [2.05, 4.69) is 159 Å². The summed E-state index contributed by atoms with van der Waals surface area (Å²) in [5, 5.41) is 12.6. The number of para-hydroxylation sites is 3. The monoisotopic (exact) mass is 622 g/mol. The van der Waals surface area contributed by atoms with Gasteiger partial charge in [-0.15, -0.1) is 0 Å². The van der Waals surface area contributed by atoms with E-state index in [4.69, 9.17) is 4.98 Å². The van der Waals surface area contributed by atoms with E-state index in [1.165, 1.54) is 76.1 Å². The first-order chi connectivity index (χ1) is 24.3. The van der Waals surface area contributed by atoms with E-state index in [-0.39, 0.29) is 0 Å². The van der Waals surface area contributed by atoms with Crippen LogP contribution in [-0.2, 0) is 0 Å². The van der Waals surface area contributed by atoms with Gasteiger partial charge in [0.2, 0.25) is 0 Å². The molecule has 4 heteroatoms. The predicted octanol–water partition coefficient (Wildman–Crippen LogP) is 11.6. The third-order valence-electron chi connectivity index (χ3n) is 10.8. The van der Waals surface area contributed by atoms with Crippen LogP contribution in [0.25, 0.3) is 104 Å². The SMILES string of the molecule is c1ccc(-n2c3ccc(-n4c5ccccc5c5cc6c7ccccc7n7c8ccc9ccccc9c8c(c54)c67)cc3c3cccnc32)cc1. The largest absolute Gasteiger partial charge is 0.309 e. The van der Waals surface area contributed by atoms with Crippen LogP contribution in [0.15, 0.2) is 158 Å². The molecule has 0 aliphatic carbocycles. The van der Waals surface area contributed by atoms with Crippen molar-refractivity contribution in [3.63, 3.8) is 0 Å². The van der Waals surface area contributed by atoms with Crippen LogP contribution in [-0.4, -0.2) is 18.5 Å². The molecular formula is C45H26N4. The van der Waals surface area contributed by atoms with E-state index in [1.807, 2.05) is 12.3 Å². The van der Waals surface area contributed by atoms with E-state index in [0.29, 0.717) is 0 Å². The summed E-state index contributed by atoms with van der Waals surface area (Å²) in [6.45, 7) is 0. The molecule has 4 nitrogen and oxygen atoms in total. The van der Waals surface area contributed by atoms with Crippen molar-refractivity contribution in [2.75, 3.05) is 0 Å². The van der Waals surface area contributed by atoms with Crippen molar-refractivity contribution in [2.45, 2.75) is 0 Å². The minimum Gasteiger partial charge on any atom is -0.309 e. The summed E-state index contributed by atoms with van der Waals surface area (Å²) in [6.07, 6.45) is 1.89. The van der Waals surface area contributed by atoms with Crippen molar-refractivity contribution < 1.29 is 0 Å². The van der Waals surface area contributed by atoms with E-state index >= 15 is 0 Å². The van der Waals surface area contributed by atoms with Crippen LogP contribution < -0.4 is 0 Å². The van der Waals surface area contributed by atoms with Crippen LogP contribution in [0, 0.1) is 0 Å².